The lowest BCUT2D eigenvalue weighted by Crippen LogP contribution is -2.26. The summed E-state index contributed by atoms with van der Waals surface area (Å²) in [5, 5.41) is 25.2. The van der Waals surface area contributed by atoms with Crippen molar-refractivity contribution in [1.82, 2.24) is 15.4 Å². The molecule has 2 aromatic carbocycles. The maximum absolute atomic E-state index is 12.7. The van der Waals surface area contributed by atoms with Crippen LogP contribution in [0.5, 0.6) is 11.8 Å². The van der Waals surface area contributed by atoms with Crippen molar-refractivity contribution in [2.24, 2.45) is 5.73 Å². The molecule has 1 unspecified atom stereocenters. The first kappa shape index (κ1) is 27.5. The summed E-state index contributed by atoms with van der Waals surface area (Å²) in [6.07, 6.45) is 1.31. The molecule has 1 atom stereocenters. The summed E-state index contributed by atoms with van der Waals surface area (Å²) in [5.41, 5.74) is 9.63. The molecule has 6 N–H and O–H groups in total. The highest BCUT2D eigenvalue weighted by Gasteiger charge is 2.32. The normalized spacial score (nSPS) is 13.3. The zero-order valence-electron chi connectivity index (χ0n) is 21.6. The van der Waals surface area contributed by atoms with E-state index in [4.69, 9.17) is 15.3 Å². The van der Waals surface area contributed by atoms with Crippen molar-refractivity contribution in [2.75, 3.05) is 26.2 Å². The van der Waals surface area contributed by atoms with Crippen molar-refractivity contribution >= 4 is 18.0 Å². The minimum atomic E-state index is -1.16. The van der Waals surface area contributed by atoms with E-state index in [1.807, 2.05) is 19.1 Å². The maximum atomic E-state index is 12.7. The predicted octanol–water partition coefficient (Wildman–Crippen LogP) is 2.89. The van der Waals surface area contributed by atoms with Crippen LogP contribution >= 0.6 is 0 Å². The standard InChI is InChI=1S/C28H32N4O7/c1-2-3-12-30-26(35)17-5-7-19-20-8-6-18(27(36)31-13-4-11-29)15-22(20)23(21(19)14-17)16-38-28(37)39-32-24(33)9-10-25(32)34/h5-10,14-15,23,33-34H,2-4,11-13,16,29H2,1H3,(H,30,35)(H,31,36). The smallest absolute Gasteiger partial charge is 0.492 e. The number of ether oxygens (including phenoxy) is 1. The molecule has 0 saturated heterocycles. The van der Waals surface area contributed by atoms with E-state index in [9.17, 15) is 24.6 Å². The van der Waals surface area contributed by atoms with Crippen LogP contribution in [-0.2, 0) is 4.74 Å². The van der Waals surface area contributed by atoms with Crippen LogP contribution < -0.4 is 21.2 Å². The second kappa shape index (κ2) is 12.4. The van der Waals surface area contributed by atoms with E-state index in [1.165, 1.54) is 0 Å². The van der Waals surface area contributed by atoms with Crippen molar-refractivity contribution in [2.45, 2.75) is 32.1 Å². The summed E-state index contributed by atoms with van der Waals surface area (Å²) in [6, 6.07) is 13.0. The van der Waals surface area contributed by atoms with Gasteiger partial charge in [-0.05, 0) is 65.9 Å². The summed E-state index contributed by atoms with van der Waals surface area (Å²) >= 11 is 0. The number of fused-ring (bicyclic) bond motifs is 3. The first-order valence-corrected chi connectivity index (χ1v) is 12.8. The average Bonchev–Trinajstić information content (AvgIpc) is 3.42. The number of nitrogens with zero attached hydrogens (tertiary/aromatic N) is 1. The highest BCUT2D eigenvalue weighted by atomic mass is 16.8. The van der Waals surface area contributed by atoms with Gasteiger partial charge in [0.05, 0.1) is 0 Å². The third-order valence-corrected chi connectivity index (χ3v) is 6.48. The quantitative estimate of drug-likeness (QED) is 0.184. The summed E-state index contributed by atoms with van der Waals surface area (Å²) in [7, 11) is 0. The molecule has 0 aliphatic heterocycles. The van der Waals surface area contributed by atoms with Gasteiger partial charge in [-0.25, -0.2) is 4.79 Å². The summed E-state index contributed by atoms with van der Waals surface area (Å²) in [4.78, 5) is 42.8. The van der Waals surface area contributed by atoms with Crippen LogP contribution in [0.2, 0.25) is 0 Å². The van der Waals surface area contributed by atoms with E-state index in [2.05, 4.69) is 10.6 Å². The van der Waals surface area contributed by atoms with Crippen LogP contribution in [0.3, 0.4) is 0 Å². The Morgan fingerprint density at radius 3 is 1.92 bits per heavy atom. The number of hydrogen-bond donors (Lipinski definition) is 5. The largest absolute Gasteiger partial charge is 0.534 e. The van der Waals surface area contributed by atoms with Crippen molar-refractivity contribution < 1.29 is 34.2 Å². The molecule has 1 aliphatic carbocycles. The first-order valence-electron chi connectivity index (χ1n) is 12.8. The minimum absolute atomic E-state index is 0.180. The van der Waals surface area contributed by atoms with Crippen molar-refractivity contribution in [3.63, 3.8) is 0 Å². The number of hydrogen-bond acceptors (Lipinski definition) is 8. The fourth-order valence-corrected chi connectivity index (χ4v) is 4.46. The topological polar surface area (TPSA) is 165 Å². The molecule has 0 saturated carbocycles. The van der Waals surface area contributed by atoms with Crippen molar-refractivity contribution in [3.05, 3.63) is 70.8 Å². The minimum Gasteiger partial charge on any atom is -0.492 e. The van der Waals surface area contributed by atoms with Gasteiger partial charge in [-0.3, -0.25) is 14.4 Å². The molecular formula is C28H32N4O7. The SMILES string of the molecule is CCCCNC(=O)c1ccc2c(c1)C(COC(=O)On1c(O)ccc1O)c1cc(C(=O)NCCCN)ccc1-2. The number of carbonyl (C=O) groups excluding carboxylic acids is 3. The molecule has 0 fully saturated rings. The van der Waals surface area contributed by atoms with Crippen molar-refractivity contribution in [3.8, 4) is 22.9 Å². The van der Waals surface area contributed by atoms with Crippen LogP contribution in [0.1, 0.15) is 63.9 Å². The first-order chi connectivity index (χ1) is 18.8. The summed E-state index contributed by atoms with van der Waals surface area (Å²) in [5.74, 6) is -1.93. The second-order valence-electron chi connectivity index (χ2n) is 9.16. The van der Waals surface area contributed by atoms with Gasteiger partial charge in [-0.2, -0.15) is 0 Å². The molecular weight excluding hydrogens is 504 g/mol. The molecule has 0 radical (unpaired) electrons. The molecule has 4 rings (SSSR count). The summed E-state index contributed by atoms with van der Waals surface area (Å²) < 4.78 is 5.89. The third-order valence-electron chi connectivity index (χ3n) is 6.48. The van der Waals surface area contributed by atoms with E-state index in [1.54, 1.807) is 24.3 Å². The van der Waals surface area contributed by atoms with E-state index >= 15 is 0 Å². The number of amides is 2. The van der Waals surface area contributed by atoms with Crippen molar-refractivity contribution in [1.29, 1.82) is 0 Å². The monoisotopic (exact) mass is 536 g/mol. The Bertz CT molecular complexity index is 1280. The molecule has 39 heavy (non-hydrogen) atoms. The Hall–Kier alpha value is -4.51. The lowest BCUT2D eigenvalue weighted by atomic mass is 9.95. The van der Waals surface area contributed by atoms with E-state index < -0.39 is 23.8 Å². The molecule has 3 aromatic rings. The summed E-state index contributed by atoms with van der Waals surface area (Å²) in [6.45, 7) is 3.33. The molecule has 0 spiro atoms. The van der Waals surface area contributed by atoms with Gasteiger partial charge in [-0.15, -0.1) is 4.73 Å². The van der Waals surface area contributed by atoms with E-state index in [0.29, 0.717) is 41.9 Å². The van der Waals surface area contributed by atoms with Crippen LogP contribution in [0.15, 0.2) is 48.5 Å². The lowest BCUT2D eigenvalue weighted by Gasteiger charge is -2.16. The number of benzene rings is 2. The maximum Gasteiger partial charge on any atom is 0.534 e. The fraction of sp³-hybridized carbons (Fsp3) is 0.321. The predicted molar refractivity (Wildman–Crippen MR) is 143 cm³/mol. The second-order valence-corrected chi connectivity index (χ2v) is 9.16. The zero-order valence-corrected chi connectivity index (χ0v) is 21.6. The number of aromatic nitrogens is 1. The van der Waals surface area contributed by atoms with Gasteiger partial charge in [0.2, 0.25) is 11.8 Å². The van der Waals surface area contributed by atoms with Crippen LogP contribution in [0.25, 0.3) is 11.1 Å². The fourth-order valence-electron chi connectivity index (χ4n) is 4.46. The number of rotatable bonds is 11. The Morgan fingerprint density at radius 1 is 0.872 bits per heavy atom. The van der Waals surface area contributed by atoms with Gasteiger partial charge in [0.25, 0.3) is 11.8 Å². The Kier molecular flexibility index (Phi) is 8.72. The Labute approximate surface area is 225 Å². The molecule has 1 aromatic heterocycles. The lowest BCUT2D eigenvalue weighted by molar-refractivity contribution is 0.0340. The molecule has 1 aliphatic rings. The van der Waals surface area contributed by atoms with Gasteiger partial charge in [0, 0.05) is 42.3 Å². The number of nitrogens with two attached hydrogens (primary N) is 1. The van der Waals surface area contributed by atoms with Gasteiger partial charge >= 0.3 is 6.16 Å². The van der Waals surface area contributed by atoms with Crippen LogP contribution in [-0.4, -0.2) is 59.2 Å². The Morgan fingerprint density at radius 2 is 1.41 bits per heavy atom. The average molecular weight is 537 g/mol. The number of aromatic hydroxyl groups is 2. The van der Waals surface area contributed by atoms with Gasteiger partial charge in [0.1, 0.15) is 6.61 Å². The van der Waals surface area contributed by atoms with Gasteiger partial charge in [0.15, 0.2) is 0 Å². The zero-order chi connectivity index (χ0) is 27.9. The highest BCUT2D eigenvalue weighted by Crippen LogP contribution is 2.45. The Balaban J connectivity index is 1.60. The molecule has 1 heterocycles. The highest BCUT2D eigenvalue weighted by molar-refractivity contribution is 5.98. The molecule has 11 nitrogen and oxygen atoms in total. The molecule has 11 heteroatoms. The molecule has 206 valence electrons. The van der Waals surface area contributed by atoms with Crippen LogP contribution in [0.4, 0.5) is 4.79 Å². The van der Waals surface area contributed by atoms with E-state index in [-0.39, 0.29) is 18.4 Å². The third kappa shape index (κ3) is 6.15. The number of carbonyl (C=O) groups is 3. The molecule has 0 bridgehead atoms. The number of nitrogens with one attached hydrogen (secondary N) is 2. The van der Waals surface area contributed by atoms with Crippen LogP contribution in [0, 0.1) is 0 Å². The van der Waals surface area contributed by atoms with Gasteiger partial charge in [-0.1, -0.05) is 25.5 Å². The molecule has 2 amide bonds. The van der Waals surface area contributed by atoms with Gasteiger partial charge < -0.3 is 31.3 Å². The van der Waals surface area contributed by atoms with E-state index in [0.717, 1.165) is 47.2 Å². The number of unbranched alkanes of at least 4 members (excludes halogenated alkanes) is 1.